The van der Waals surface area contributed by atoms with Crippen molar-refractivity contribution >= 4 is 17.2 Å². The number of benzene rings is 1. The van der Waals surface area contributed by atoms with E-state index in [-0.39, 0.29) is 17.8 Å². The molecule has 4 rings (SSSR count). The van der Waals surface area contributed by atoms with Gasteiger partial charge >= 0.3 is 0 Å². The first-order valence-corrected chi connectivity index (χ1v) is 10.8. The van der Waals surface area contributed by atoms with Gasteiger partial charge in [-0.25, -0.2) is 4.39 Å². The second-order valence-corrected chi connectivity index (χ2v) is 8.52. The summed E-state index contributed by atoms with van der Waals surface area (Å²) in [5, 5.41) is 7.55. The predicted molar refractivity (Wildman–Crippen MR) is 114 cm³/mol. The molecule has 1 aliphatic heterocycles. The van der Waals surface area contributed by atoms with Gasteiger partial charge in [-0.15, -0.1) is 11.3 Å². The summed E-state index contributed by atoms with van der Waals surface area (Å²) in [7, 11) is 0. The van der Waals surface area contributed by atoms with E-state index in [0.29, 0.717) is 17.8 Å². The van der Waals surface area contributed by atoms with E-state index in [0.717, 1.165) is 42.6 Å². The van der Waals surface area contributed by atoms with E-state index in [2.05, 4.69) is 22.0 Å². The van der Waals surface area contributed by atoms with Crippen LogP contribution < -0.4 is 11.1 Å². The lowest BCUT2D eigenvalue weighted by Crippen LogP contribution is -2.41. The van der Waals surface area contributed by atoms with Crippen molar-refractivity contribution in [1.29, 1.82) is 0 Å². The molecule has 1 atom stereocenters. The first-order valence-electron chi connectivity index (χ1n) is 10.0. The van der Waals surface area contributed by atoms with Gasteiger partial charge < -0.3 is 11.1 Å². The van der Waals surface area contributed by atoms with Crippen molar-refractivity contribution in [2.24, 2.45) is 5.73 Å². The third kappa shape index (κ3) is 4.11. The maximum absolute atomic E-state index is 13.4. The molecule has 0 fully saturated rings. The highest BCUT2D eigenvalue weighted by Crippen LogP contribution is 2.37. The summed E-state index contributed by atoms with van der Waals surface area (Å²) in [4.78, 5) is 14.8. The number of amides is 1. The molecule has 2 aromatic heterocycles. The van der Waals surface area contributed by atoms with Gasteiger partial charge in [0.1, 0.15) is 5.82 Å². The lowest BCUT2D eigenvalue weighted by molar-refractivity contribution is 0.0942. The number of hydrogen-bond donors (Lipinski definition) is 2. The van der Waals surface area contributed by atoms with Gasteiger partial charge in [-0.3, -0.25) is 9.48 Å². The normalized spacial score (nSPS) is 14.0. The maximum atomic E-state index is 13.4. The number of thiophene rings is 1. The molecule has 7 heteroatoms. The standard InChI is InChI=1S/C22H25FN4OS/c1-2-15-13-25-27-8-4-7-19-18(21(15)27)11-20(29-19)22(28)26-17(12-24)10-14-5-3-6-16(23)9-14/h3,5-6,9,11,13,17H,2,4,7-8,10,12,24H2,1H3,(H,26,28)/t17-/m0/s1. The number of rotatable bonds is 6. The predicted octanol–water partition coefficient (Wildman–Crippen LogP) is 3.56. The number of halogens is 1. The highest BCUT2D eigenvalue weighted by Gasteiger charge is 2.24. The molecule has 0 unspecified atom stereocenters. The average molecular weight is 413 g/mol. The molecule has 3 heterocycles. The number of carbonyl (C=O) groups excluding carboxylic acids is 1. The Kier molecular flexibility index (Phi) is 5.78. The molecule has 0 aliphatic carbocycles. The molecule has 1 aliphatic rings. The third-order valence-electron chi connectivity index (χ3n) is 5.35. The van der Waals surface area contributed by atoms with Crippen LogP contribution in [0, 0.1) is 5.82 Å². The van der Waals surface area contributed by atoms with E-state index >= 15 is 0 Å². The SMILES string of the molecule is CCc1cnn2c1-c1cc(C(=O)N[C@H](CN)Cc3cccc(F)c3)sc1CCC2. The highest BCUT2D eigenvalue weighted by atomic mass is 32.1. The summed E-state index contributed by atoms with van der Waals surface area (Å²) < 4.78 is 15.5. The van der Waals surface area contributed by atoms with E-state index in [9.17, 15) is 9.18 Å². The second-order valence-electron chi connectivity index (χ2n) is 7.39. The molecule has 5 nitrogen and oxygen atoms in total. The molecule has 152 valence electrons. The summed E-state index contributed by atoms with van der Waals surface area (Å²) in [6.45, 7) is 3.32. The monoisotopic (exact) mass is 412 g/mol. The minimum atomic E-state index is -0.282. The zero-order valence-electron chi connectivity index (χ0n) is 16.5. The second kappa shape index (κ2) is 8.47. The fourth-order valence-corrected chi connectivity index (χ4v) is 4.98. The molecule has 0 radical (unpaired) electrons. The van der Waals surface area contributed by atoms with Crippen molar-refractivity contribution in [1.82, 2.24) is 15.1 Å². The molecule has 3 aromatic rings. The Morgan fingerprint density at radius 3 is 3.03 bits per heavy atom. The average Bonchev–Trinajstić information content (AvgIpc) is 3.27. The Labute approximate surface area is 173 Å². The number of nitrogens with zero attached hydrogens (tertiary/aromatic N) is 2. The van der Waals surface area contributed by atoms with Crippen LogP contribution >= 0.6 is 11.3 Å². The smallest absolute Gasteiger partial charge is 0.261 e. The Morgan fingerprint density at radius 1 is 1.41 bits per heavy atom. The van der Waals surface area contributed by atoms with Crippen LogP contribution in [-0.2, 0) is 25.8 Å². The van der Waals surface area contributed by atoms with Crippen LogP contribution in [-0.4, -0.2) is 28.3 Å². The number of nitrogens with one attached hydrogen (secondary N) is 1. The van der Waals surface area contributed by atoms with E-state index in [1.807, 2.05) is 18.3 Å². The lowest BCUT2D eigenvalue weighted by atomic mass is 10.0. The number of fused-ring (bicyclic) bond motifs is 3. The van der Waals surface area contributed by atoms with Gasteiger partial charge in [-0.05, 0) is 55.0 Å². The van der Waals surface area contributed by atoms with Gasteiger partial charge in [-0.1, -0.05) is 19.1 Å². The summed E-state index contributed by atoms with van der Waals surface area (Å²) in [6.07, 6.45) is 5.30. The number of hydrogen-bond acceptors (Lipinski definition) is 4. The molecule has 1 amide bonds. The molecular formula is C22H25FN4OS. The Balaban J connectivity index is 1.55. The van der Waals surface area contributed by atoms with Crippen LogP contribution in [0.4, 0.5) is 4.39 Å². The van der Waals surface area contributed by atoms with Gasteiger partial charge in [0.25, 0.3) is 5.91 Å². The van der Waals surface area contributed by atoms with E-state index in [1.54, 1.807) is 17.4 Å². The fraction of sp³-hybridized carbons (Fsp3) is 0.364. The van der Waals surface area contributed by atoms with Crippen molar-refractivity contribution in [2.45, 2.75) is 45.2 Å². The van der Waals surface area contributed by atoms with Crippen LogP contribution in [0.1, 0.15) is 39.0 Å². The van der Waals surface area contributed by atoms with Crippen molar-refractivity contribution in [3.63, 3.8) is 0 Å². The molecule has 0 bridgehead atoms. The lowest BCUT2D eigenvalue weighted by Gasteiger charge is -2.16. The molecule has 0 spiro atoms. The van der Waals surface area contributed by atoms with Gasteiger partial charge in [0.2, 0.25) is 0 Å². The molecule has 3 N–H and O–H groups in total. The fourth-order valence-electron chi connectivity index (χ4n) is 3.88. The van der Waals surface area contributed by atoms with Crippen molar-refractivity contribution < 1.29 is 9.18 Å². The quantitative estimate of drug-likeness (QED) is 0.650. The number of carbonyl (C=O) groups is 1. The van der Waals surface area contributed by atoms with Gasteiger partial charge in [0, 0.05) is 29.6 Å². The largest absolute Gasteiger partial charge is 0.347 e. The first-order chi connectivity index (χ1) is 14.1. The van der Waals surface area contributed by atoms with Gasteiger partial charge in [0.05, 0.1) is 16.8 Å². The summed E-state index contributed by atoms with van der Waals surface area (Å²) in [5.41, 5.74) is 10.2. The molecule has 0 saturated carbocycles. The van der Waals surface area contributed by atoms with E-state index in [4.69, 9.17) is 5.73 Å². The summed E-state index contributed by atoms with van der Waals surface area (Å²) in [5.74, 6) is -0.408. The minimum absolute atomic E-state index is 0.126. The zero-order valence-corrected chi connectivity index (χ0v) is 17.3. The Hall–Kier alpha value is -2.51. The van der Waals surface area contributed by atoms with Crippen LogP contribution in [0.2, 0.25) is 0 Å². The summed E-state index contributed by atoms with van der Waals surface area (Å²) in [6, 6.07) is 8.15. The van der Waals surface area contributed by atoms with Crippen LogP contribution in [0.25, 0.3) is 11.3 Å². The van der Waals surface area contributed by atoms with Crippen molar-refractivity contribution in [2.75, 3.05) is 6.54 Å². The first kappa shape index (κ1) is 19.8. The Bertz CT molecular complexity index is 1030. The van der Waals surface area contributed by atoms with Gasteiger partial charge in [-0.2, -0.15) is 5.10 Å². The van der Waals surface area contributed by atoms with Crippen molar-refractivity contribution in [3.8, 4) is 11.3 Å². The molecule has 0 saturated heterocycles. The Morgan fingerprint density at radius 2 is 2.28 bits per heavy atom. The third-order valence-corrected chi connectivity index (χ3v) is 6.54. The topological polar surface area (TPSA) is 72.9 Å². The highest BCUT2D eigenvalue weighted by molar-refractivity contribution is 7.14. The van der Waals surface area contributed by atoms with Crippen LogP contribution in [0.15, 0.2) is 36.5 Å². The molecule has 29 heavy (non-hydrogen) atoms. The number of nitrogens with two attached hydrogens (primary N) is 1. The van der Waals surface area contributed by atoms with Crippen LogP contribution in [0.5, 0.6) is 0 Å². The molecule has 1 aromatic carbocycles. The zero-order chi connectivity index (χ0) is 20.4. The minimum Gasteiger partial charge on any atom is -0.347 e. The number of aryl methyl sites for hydroxylation is 3. The van der Waals surface area contributed by atoms with Gasteiger partial charge in [0.15, 0.2) is 0 Å². The molecular weight excluding hydrogens is 387 g/mol. The van der Waals surface area contributed by atoms with Crippen LogP contribution in [0.3, 0.4) is 0 Å². The van der Waals surface area contributed by atoms with Crippen molar-refractivity contribution in [3.05, 3.63) is 63.2 Å². The van der Waals surface area contributed by atoms with E-state index in [1.165, 1.54) is 22.6 Å². The number of aromatic nitrogens is 2. The maximum Gasteiger partial charge on any atom is 0.261 e. The summed E-state index contributed by atoms with van der Waals surface area (Å²) >= 11 is 1.55. The van der Waals surface area contributed by atoms with E-state index < -0.39 is 0 Å².